The monoisotopic (exact) mass is 338 g/mol. The van der Waals surface area contributed by atoms with E-state index in [1.165, 1.54) is 11.3 Å². The maximum Gasteiger partial charge on any atom is 0.273 e. The minimum absolute atomic E-state index is 0.0614. The average molecular weight is 338 g/mol. The molecule has 2 aliphatic heterocycles. The van der Waals surface area contributed by atoms with Gasteiger partial charge in [-0.3, -0.25) is 9.59 Å². The summed E-state index contributed by atoms with van der Waals surface area (Å²) in [5.74, 6) is 0.00206. The van der Waals surface area contributed by atoms with Gasteiger partial charge in [0.25, 0.3) is 11.8 Å². The van der Waals surface area contributed by atoms with Crippen LogP contribution in [0.5, 0.6) is 0 Å². The van der Waals surface area contributed by atoms with Crippen LogP contribution in [0.3, 0.4) is 0 Å². The zero-order valence-corrected chi connectivity index (χ0v) is 13.9. The number of ether oxygens (including phenoxy) is 1. The first-order chi connectivity index (χ1) is 11.2. The lowest BCUT2D eigenvalue weighted by atomic mass is 10.2. The Morgan fingerprint density at radius 3 is 2.70 bits per heavy atom. The topological polar surface area (TPSA) is 88.8 Å². The van der Waals surface area contributed by atoms with Crippen LogP contribution in [0.15, 0.2) is 5.38 Å². The van der Waals surface area contributed by atoms with E-state index >= 15 is 0 Å². The lowest BCUT2D eigenvalue weighted by Gasteiger charge is -2.35. The van der Waals surface area contributed by atoms with Crippen molar-refractivity contribution in [1.29, 1.82) is 0 Å². The molecular formula is C15H22N4O3S. The molecule has 0 saturated carbocycles. The number of rotatable bonds is 4. The minimum atomic E-state index is -0.283. The number of nitrogens with two attached hydrogens (primary N) is 1. The predicted molar refractivity (Wildman–Crippen MR) is 86.3 cm³/mol. The summed E-state index contributed by atoms with van der Waals surface area (Å²) in [5.41, 5.74) is 5.99. The van der Waals surface area contributed by atoms with Crippen LogP contribution in [-0.4, -0.2) is 72.0 Å². The molecular weight excluding hydrogens is 316 g/mol. The molecule has 2 saturated heterocycles. The van der Waals surface area contributed by atoms with E-state index in [4.69, 9.17) is 10.5 Å². The highest BCUT2D eigenvalue weighted by molar-refractivity contribution is 7.09. The number of aromatic nitrogens is 1. The zero-order valence-electron chi connectivity index (χ0n) is 13.1. The van der Waals surface area contributed by atoms with Gasteiger partial charge in [0.1, 0.15) is 11.8 Å². The summed E-state index contributed by atoms with van der Waals surface area (Å²) in [6.45, 7) is 3.41. The Hall–Kier alpha value is -1.51. The zero-order chi connectivity index (χ0) is 16.2. The molecule has 1 unspecified atom stereocenters. The first kappa shape index (κ1) is 16.4. The molecule has 2 N–H and O–H groups in total. The first-order valence-electron chi connectivity index (χ1n) is 8.03. The SMILES string of the molecule is NCCc1nc(C(=O)N2CCN(C(=O)C3CCCO3)CC2)cs1. The van der Waals surface area contributed by atoms with E-state index < -0.39 is 0 Å². The molecule has 3 rings (SSSR count). The fourth-order valence-corrected chi connectivity index (χ4v) is 3.70. The Bertz CT molecular complexity index is 563. The van der Waals surface area contributed by atoms with Crippen LogP contribution in [0.2, 0.25) is 0 Å². The van der Waals surface area contributed by atoms with Gasteiger partial charge in [0.05, 0.1) is 5.01 Å². The van der Waals surface area contributed by atoms with Crippen molar-refractivity contribution >= 4 is 23.2 Å². The van der Waals surface area contributed by atoms with Crippen molar-refractivity contribution in [2.75, 3.05) is 39.3 Å². The van der Waals surface area contributed by atoms with Gasteiger partial charge in [-0.15, -0.1) is 11.3 Å². The molecule has 0 aromatic carbocycles. The van der Waals surface area contributed by atoms with Gasteiger partial charge >= 0.3 is 0 Å². The van der Waals surface area contributed by atoms with Gasteiger partial charge in [-0.2, -0.15) is 0 Å². The normalized spacial score (nSPS) is 21.7. The fourth-order valence-electron chi connectivity index (χ4n) is 2.92. The van der Waals surface area contributed by atoms with Gasteiger partial charge in [-0.1, -0.05) is 0 Å². The molecule has 1 aromatic rings. The molecule has 1 atom stereocenters. The summed E-state index contributed by atoms with van der Waals surface area (Å²) in [7, 11) is 0. The van der Waals surface area contributed by atoms with Gasteiger partial charge in [0, 0.05) is 44.6 Å². The molecule has 7 nitrogen and oxygen atoms in total. The number of thiazole rings is 1. The average Bonchev–Trinajstić information content (AvgIpc) is 3.26. The van der Waals surface area contributed by atoms with Crippen LogP contribution in [0.25, 0.3) is 0 Å². The van der Waals surface area contributed by atoms with E-state index in [1.54, 1.807) is 15.2 Å². The van der Waals surface area contributed by atoms with Crippen LogP contribution in [-0.2, 0) is 16.0 Å². The van der Waals surface area contributed by atoms with Gasteiger partial charge in [-0.05, 0) is 19.4 Å². The molecule has 1 aromatic heterocycles. The second kappa shape index (κ2) is 7.37. The van der Waals surface area contributed by atoms with Gasteiger partial charge < -0.3 is 20.3 Å². The third-order valence-electron chi connectivity index (χ3n) is 4.21. The summed E-state index contributed by atoms with van der Waals surface area (Å²) in [6, 6.07) is 0. The largest absolute Gasteiger partial charge is 0.368 e. The molecule has 0 radical (unpaired) electrons. The van der Waals surface area contributed by atoms with Crippen molar-refractivity contribution in [3.63, 3.8) is 0 Å². The molecule has 8 heteroatoms. The number of hydrogen-bond donors (Lipinski definition) is 1. The Kier molecular flexibility index (Phi) is 5.24. The van der Waals surface area contributed by atoms with Crippen LogP contribution in [0, 0.1) is 0 Å². The quantitative estimate of drug-likeness (QED) is 0.842. The van der Waals surface area contributed by atoms with E-state index in [1.807, 2.05) is 0 Å². The Labute approximate surface area is 139 Å². The number of piperazine rings is 1. The van der Waals surface area contributed by atoms with E-state index in [-0.39, 0.29) is 17.9 Å². The summed E-state index contributed by atoms with van der Waals surface area (Å²) >= 11 is 1.47. The molecule has 0 aliphatic carbocycles. The van der Waals surface area contributed by atoms with Crippen molar-refractivity contribution in [1.82, 2.24) is 14.8 Å². The highest BCUT2D eigenvalue weighted by Gasteiger charge is 2.31. The standard InChI is InChI=1S/C15H22N4O3S/c16-4-3-13-17-11(10-23-13)14(20)18-5-7-19(8-6-18)15(21)12-2-1-9-22-12/h10,12H,1-9,16H2. The summed E-state index contributed by atoms with van der Waals surface area (Å²) < 4.78 is 5.45. The molecule has 2 amide bonds. The maximum absolute atomic E-state index is 12.5. The molecule has 0 bridgehead atoms. The van der Waals surface area contributed by atoms with Crippen LogP contribution < -0.4 is 5.73 Å². The van der Waals surface area contributed by atoms with Crippen molar-refractivity contribution < 1.29 is 14.3 Å². The number of carbonyl (C=O) groups is 2. The third-order valence-corrected chi connectivity index (χ3v) is 5.12. The predicted octanol–water partition coefficient (Wildman–Crippen LogP) is 0.108. The second-order valence-corrected chi connectivity index (χ2v) is 6.73. The van der Waals surface area contributed by atoms with Crippen LogP contribution in [0.4, 0.5) is 0 Å². The van der Waals surface area contributed by atoms with Crippen LogP contribution >= 0.6 is 11.3 Å². The van der Waals surface area contributed by atoms with E-state index in [2.05, 4.69) is 4.98 Å². The maximum atomic E-state index is 12.5. The van der Waals surface area contributed by atoms with Crippen molar-refractivity contribution in [3.05, 3.63) is 16.1 Å². The molecule has 0 spiro atoms. The molecule has 23 heavy (non-hydrogen) atoms. The third kappa shape index (κ3) is 3.70. The highest BCUT2D eigenvalue weighted by atomic mass is 32.1. The highest BCUT2D eigenvalue weighted by Crippen LogP contribution is 2.17. The smallest absolute Gasteiger partial charge is 0.273 e. The minimum Gasteiger partial charge on any atom is -0.368 e. The molecule has 126 valence electrons. The van der Waals surface area contributed by atoms with Gasteiger partial charge in [0.15, 0.2) is 0 Å². The molecule has 2 aliphatic rings. The number of amides is 2. The van der Waals surface area contributed by atoms with Gasteiger partial charge in [0.2, 0.25) is 0 Å². The second-order valence-electron chi connectivity index (χ2n) is 5.78. The van der Waals surface area contributed by atoms with Crippen molar-refractivity contribution in [2.24, 2.45) is 5.73 Å². The lowest BCUT2D eigenvalue weighted by molar-refractivity contribution is -0.142. The number of carbonyl (C=O) groups excluding carboxylic acids is 2. The Balaban J connectivity index is 1.53. The molecule has 2 fully saturated rings. The van der Waals surface area contributed by atoms with Crippen molar-refractivity contribution in [2.45, 2.75) is 25.4 Å². The molecule has 3 heterocycles. The van der Waals surface area contributed by atoms with E-state index in [9.17, 15) is 9.59 Å². The first-order valence-corrected chi connectivity index (χ1v) is 8.91. The number of nitrogens with zero attached hydrogens (tertiary/aromatic N) is 3. The Morgan fingerprint density at radius 2 is 2.04 bits per heavy atom. The Morgan fingerprint density at radius 1 is 1.30 bits per heavy atom. The van der Waals surface area contributed by atoms with E-state index in [0.717, 1.165) is 17.8 Å². The summed E-state index contributed by atoms with van der Waals surface area (Å²) in [6.07, 6.45) is 2.17. The summed E-state index contributed by atoms with van der Waals surface area (Å²) in [5, 5.41) is 2.68. The fraction of sp³-hybridized carbons (Fsp3) is 0.667. The van der Waals surface area contributed by atoms with Crippen molar-refractivity contribution in [3.8, 4) is 0 Å². The number of hydrogen-bond acceptors (Lipinski definition) is 6. The van der Waals surface area contributed by atoms with Crippen LogP contribution in [0.1, 0.15) is 28.3 Å². The van der Waals surface area contributed by atoms with E-state index in [0.29, 0.717) is 51.4 Å². The van der Waals surface area contributed by atoms with Gasteiger partial charge in [-0.25, -0.2) is 4.98 Å². The summed E-state index contributed by atoms with van der Waals surface area (Å²) in [4.78, 5) is 32.7. The lowest BCUT2D eigenvalue weighted by Crippen LogP contribution is -2.52.